The average molecular weight is 812 g/mol. The van der Waals surface area contributed by atoms with Gasteiger partial charge in [0.1, 0.15) is 0 Å². The summed E-state index contributed by atoms with van der Waals surface area (Å²) in [5.74, 6) is -0.324. The van der Waals surface area contributed by atoms with Gasteiger partial charge in [-0.25, -0.2) is 0 Å². The topological polar surface area (TPSA) is 56.5 Å². The van der Waals surface area contributed by atoms with Crippen molar-refractivity contribution in [1.29, 1.82) is 0 Å². The second-order valence-electron chi connectivity index (χ2n) is 15.9. The fourth-order valence-corrected chi connectivity index (χ4v) is 7.09. The van der Waals surface area contributed by atoms with E-state index < -0.39 is 7.25 Å². The summed E-state index contributed by atoms with van der Waals surface area (Å²) in [5.41, 5.74) is 3.33. The van der Waals surface area contributed by atoms with Crippen LogP contribution in [0.1, 0.15) is 217 Å². The molecule has 10 heteroatoms. The predicted molar refractivity (Wildman–Crippen MR) is 231 cm³/mol. The highest BCUT2D eigenvalue weighted by Gasteiger charge is 2.27. The van der Waals surface area contributed by atoms with E-state index in [1.165, 1.54) is 121 Å². The van der Waals surface area contributed by atoms with E-state index in [0.717, 1.165) is 62.8 Å². The van der Waals surface area contributed by atoms with Crippen molar-refractivity contribution in [3.8, 4) is 0 Å². The van der Waals surface area contributed by atoms with Gasteiger partial charge in [-0.3, -0.25) is 9.59 Å². The Morgan fingerprint density at radius 2 is 0.807 bits per heavy atom. The zero-order valence-electron chi connectivity index (χ0n) is 36.9. The minimum absolute atomic E-state index is 0.162. The standard InChI is InChI=1S/C47H82NO4.BF4/c1-6-8-10-12-14-16-18-20-22-24-26-28-30-32-34-36-46(49)51-40-45(48-43(4)38-42(3)39-44(48)5)41-52-47(50)37-35-33-31-29-27-25-23-21-19-17-15-13-11-9-7-2;2-1(3,4)5/h20-23,38-39,45H,6-19,24-37,40-41H2,1-5H3;/q+1;-1/b22-20-,23-21-;. The molecule has 0 bridgehead atoms. The fraction of sp³-hybridized carbons (Fsp3) is 0.766. The van der Waals surface area contributed by atoms with E-state index in [-0.39, 0.29) is 31.2 Å². The number of aryl methyl sites for hydroxylation is 3. The first kappa shape index (κ1) is 54.4. The van der Waals surface area contributed by atoms with Gasteiger partial charge < -0.3 is 26.7 Å². The minimum Gasteiger partial charge on any atom is -0.458 e. The van der Waals surface area contributed by atoms with Gasteiger partial charge in [0.25, 0.3) is 0 Å². The molecule has 0 amide bonds. The van der Waals surface area contributed by atoms with Crippen LogP contribution in [-0.2, 0) is 19.1 Å². The van der Waals surface area contributed by atoms with Crippen molar-refractivity contribution in [2.45, 2.75) is 220 Å². The van der Waals surface area contributed by atoms with Crippen LogP contribution in [0, 0.1) is 20.8 Å². The lowest BCUT2D eigenvalue weighted by Gasteiger charge is -2.17. The molecular weight excluding hydrogens is 729 g/mol. The van der Waals surface area contributed by atoms with Crippen LogP contribution < -0.4 is 4.57 Å². The number of pyridine rings is 1. The molecule has 1 aromatic rings. The number of carbonyl (C=O) groups excluding carboxylic acids is 2. The molecule has 5 nitrogen and oxygen atoms in total. The molecule has 0 unspecified atom stereocenters. The Kier molecular flexibility index (Phi) is 35.9. The summed E-state index contributed by atoms with van der Waals surface area (Å²) in [6.45, 7) is 11.2. The van der Waals surface area contributed by atoms with E-state index >= 15 is 0 Å². The molecular formula is C47H82BF4NO4. The van der Waals surface area contributed by atoms with E-state index in [1.807, 2.05) is 0 Å². The van der Waals surface area contributed by atoms with Crippen LogP contribution in [0.5, 0.6) is 0 Å². The van der Waals surface area contributed by atoms with Crippen molar-refractivity contribution in [1.82, 2.24) is 0 Å². The number of esters is 2. The molecule has 1 aromatic heterocycles. The van der Waals surface area contributed by atoms with Crippen LogP contribution in [0.4, 0.5) is 17.3 Å². The monoisotopic (exact) mass is 812 g/mol. The number of nitrogens with zero attached hydrogens (tertiary/aromatic N) is 1. The first-order valence-electron chi connectivity index (χ1n) is 22.9. The second-order valence-corrected chi connectivity index (χ2v) is 15.9. The first-order valence-corrected chi connectivity index (χ1v) is 22.9. The molecule has 0 spiro atoms. The summed E-state index contributed by atoms with van der Waals surface area (Å²) in [4.78, 5) is 25.4. The molecule has 1 heterocycles. The van der Waals surface area contributed by atoms with Crippen molar-refractivity contribution in [2.24, 2.45) is 0 Å². The van der Waals surface area contributed by atoms with Gasteiger partial charge in [0, 0.05) is 38.8 Å². The molecule has 330 valence electrons. The van der Waals surface area contributed by atoms with E-state index in [2.05, 4.69) is 75.6 Å². The average Bonchev–Trinajstić information content (AvgIpc) is 3.14. The van der Waals surface area contributed by atoms with Gasteiger partial charge in [0.15, 0.2) is 24.6 Å². The number of ether oxygens (including phenoxy) is 2. The van der Waals surface area contributed by atoms with E-state index in [4.69, 9.17) is 9.47 Å². The quantitative estimate of drug-likeness (QED) is 0.0171. The summed E-state index contributed by atoms with van der Waals surface area (Å²) >= 11 is 0. The van der Waals surface area contributed by atoms with E-state index in [1.54, 1.807) is 0 Å². The Morgan fingerprint density at radius 3 is 1.12 bits per heavy atom. The largest absolute Gasteiger partial charge is 0.673 e. The van der Waals surface area contributed by atoms with Gasteiger partial charge >= 0.3 is 19.2 Å². The zero-order chi connectivity index (χ0) is 42.4. The third-order valence-corrected chi connectivity index (χ3v) is 10.2. The van der Waals surface area contributed by atoms with Gasteiger partial charge in [-0.05, 0) is 76.7 Å². The number of aromatic nitrogens is 1. The Bertz CT molecular complexity index is 1110. The summed E-state index contributed by atoms with van der Waals surface area (Å²) in [6, 6.07) is 4.01. The maximum absolute atomic E-state index is 12.7. The molecule has 0 fully saturated rings. The number of hydrogen-bond acceptors (Lipinski definition) is 4. The Labute approximate surface area is 346 Å². The Hall–Kier alpha value is -2.65. The molecule has 57 heavy (non-hydrogen) atoms. The van der Waals surface area contributed by atoms with Gasteiger partial charge in [-0.2, -0.15) is 4.57 Å². The van der Waals surface area contributed by atoms with Crippen LogP contribution in [0.3, 0.4) is 0 Å². The molecule has 0 atom stereocenters. The lowest BCUT2D eigenvalue weighted by molar-refractivity contribution is -0.736. The highest BCUT2D eigenvalue weighted by molar-refractivity contribution is 6.50. The van der Waals surface area contributed by atoms with Crippen LogP contribution >= 0.6 is 0 Å². The fourth-order valence-electron chi connectivity index (χ4n) is 7.09. The van der Waals surface area contributed by atoms with Gasteiger partial charge in [-0.1, -0.05) is 141 Å². The Morgan fingerprint density at radius 1 is 0.526 bits per heavy atom. The van der Waals surface area contributed by atoms with Gasteiger partial charge in [0.05, 0.1) is 0 Å². The maximum atomic E-state index is 12.7. The van der Waals surface area contributed by atoms with Crippen molar-refractivity contribution in [3.05, 3.63) is 53.4 Å². The number of carbonyl (C=O) groups is 2. The van der Waals surface area contributed by atoms with Crippen LogP contribution in [0.15, 0.2) is 36.4 Å². The summed E-state index contributed by atoms with van der Waals surface area (Å²) in [7, 11) is -6.00. The summed E-state index contributed by atoms with van der Waals surface area (Å²) < 4.78 is 52.7. The molecule has 0 saturated heterocycles. The van der Waals surface area contributed by atoms with Crippen LogP contribution in [-0.4, -0.2) is 32.4 Å². The lowest BCUT2D eigenvalue weighted by Crippen LogP contribution is -2.50. The van der Waals surface area contributed by atoms with Crippen LogP contribution in [0.2, 0.25) is 0 Å². The molecule has 0 radical (unpaired) electrons. The van der Waals surface area contributed by atoms with Gasteiger partial charge in [-0.15, -0.1) is 0 Å². The highest BCUT2D eigenvalue weighted by Crippen LogP contribution is 2.14. The van der Waals surface area contributed by atoms with Crippen LogP contribution in [0.25, 0.3) is 0 Å². The summed E-state index contributed by atoms with van der Waals surface area (Å²) in [5, 5.41) is 0. The smallest absolute Gasteiger partial charge is 0.458 e. The van der Waals surface area contributed by atoms with Crippen molar-refractivity contribution in [2.75, 3.05) is 13.2 Å². The zero-order valence-corrected chi connectivity index (χ0v) is 36.9. The first-order chi connectivity index (χ1) is 27.4. The highest BCUT2D eigenvalue weighted by atomic mass is 19.5. The molecule has 0 aliphatic rings. The van der Waals surface area contributed by atoms with Crippen molar-refractivity contribution >= 4 is 19.2 Å². The SMILES string of the molecule is CCCCCCCC/C=C\CCCCCCCC(=O)OCC(COC(=O)CCCCCCC/C=C\CCCCCCCC)[n+]1c(C)cc(C)cc1C.F[B-](F)(F)F. The lowest BCUT2D eigenvalue weighted by atomic mass is 10.1. The molecule has 0 saturated carbocycles. The normalized spacial score (nSPS) is 11.8. The van der Waals surface area contributed by atoms with E-state index in [9.17, 15) is 26.9 Å². The molecule has 0 aliphatic carbocycles. The maximum Gasteiger partial charge on any atom is 0.673 e. The molecule has 0 aromatic carbocycles. The number of unbranched alkanes of at least 4 members (excludes halogenated alkanes) is 22. The molecule has 0 N–H and O–H groups in total. The van der Waals surface area contributed by atoms with Crippen molar-refractivity contribution in [3.63, 3.8) is 0 Å². The second kappa shape index (κ2) is 37.6. The third-order valence-electron chi connectivity index (χ3n) is 10.2. The van der Waals surface area contributed by atoms with E-state index in [0.29, 0.717) is 12.8 Å². The minimum atomic E-state index is -6.00. The van der Waals surface area contributed by atoms with Crippen molar-refractivity contribution < 1.29 is 40.9 Å². The molecule has 0 aliphatic heterocycles. The number of allylic oxidation sites excluding steroid dienone is 4. The number of halogens is 4. The summed E-state index contributed by atoms with van der Waals surface area (Å²) in [6.07, 6.45) is 42.4. The predicted octanol–water partition coefficient (Wildman–Crippen LogP) is 14.9. The number of rotatable bonds is 35. The number of hydrogen-bond donors (Lipinski definition) is 0. The Balaban J connectivity index is 0.00000587. The third kappa shape index (κ3) is 37.4. The van der Waals surface area contributed by atoms with Gasteiger partial charge in [0.2, 0.25) is 6.04 Å². The molecule has 1 rings (SSSR count).